The number of carbonyl (C=O) groups excluding carboxylic acids is 3. The highest BCUT2D eigenvalue weighted by Gasteiger charge is 2.60. The normalized spacial score (nSPS) is 25.8. The molecule has 5 rings (SSSR count). The number of para-hydroxylation sites is 1. The molecule has 0 unspecified atom stereocenters. The number of hydrogen-bond donors (Lipinski definition) is 1. The molecule has 1 saturated heterocycles. The molecular formula is C27H28N2O3. The number of hydrogen-bond acceptors (Lipinski definition) is 3. The molecule has 1 saturated carbocycles. The lowest BCUT2D eigenvalue weighted by molar-refractivity contribution is -0.123. The molecule has 0 radical (unpaired) electrons. The molecule has 3 aliphatic rings. The number of aryl methyl sites for hydroxylation is 2. The molecule has 1 heterocycles. The Morgan fingerprint density at radius 3 is 2.22 bits per heavy atom. The molecule has 2 aliphatic carbocycles. The Morgan fingerprint density at radius 1 is 0.969 bits per heavy atom. The first kappa shape index (κ1) is 20.7. The van der Waals surface area contributed by atoms with Crippen LogP contribution in [-0.4, -0.2) is 17.7 Å². The van der Waals surface area contributed by atoms with E-state index in [1.54, 1.807) is 24.3 Å². The van der Waals surface area contributed by atoms with Gasteiger partial charge in [-0.2, -0.15) is 0 Å². The molecule has 2 aromatic carbocycles. The molecule has 1 aliphatic heterocycles. The van der Waals surface area contributed by atoms with Crippen molar-refractivity contribution in [3.05, 3.63) is 70.8 Å². The molecule has 3 amide bonds. The van der Waals surface area contributed by atoms with Crippen LogP contribution in [0.3, 0.4) is 0 Å². The van der Waals surface area contributed by atoms with Crippen molar-refractivity contribution in [1.82, 2.24) is 0 Å². The van der Waals surface area contributed by atoms with Gasteiger partial charge in [-0.25, -0.2) is 0 Å². The highest BCUT2D eigenvalue weighted by Crippen LogP contribution is 2.55. The fourth-order valence-electron chi connectivity index (χ4n) is 5.88. The van der Waals surface area contributed by atoms with Crippen LogP contribution in [0, 0.1) is 23.7 Å². The van der Waals surface area contributed by atoms with Gasteiger partial charge >= 0.3 is 0 Å². The molecule has 1 N–H and O–H groups in total. The number of anilines is 2. The van der Waals surface area contributed by atoms with Crippen LogP contribution in [0.2, 0.25) is 0 Å². The lowest BCUT2D eigenvalue weighted by Gasteiger charge is -2.19. The van der Waals surface area contributed by atoms with Gasteiger partial charge in [0.25, 0.3) is 5.91 Å². The van der Waals surface area contributed by atoms with Crippen LogP contribution < -0.4 is 10.2 Å². The van der Waals surface area contributed by atoms with Gasteiger partial charge in [-0.15, -0.1) is 0 Å². The number of imide groups is 1. The molecule has 2 fully saturated rings. The van der Waals surface area contributed by atoms with E-state index in [0.717, 1.165) is 36.1 Å². The van der Waals surface area contributed by atoms with Crippen LogP contribution >= 0.6 is 0 Å². The second kappa shape index (κ2) is 7.73. The number of fused-ring (bicyclic) bond motifs is 5. The molecule has 2 aromatic rings. The largest absolute Gasteiger partial charge is 0.321 e. The van der Waals surface area contributed by atoms with Crippen molar-refractivity contribution in [2.24, 2.45) is 23.7 Å². The number of allylic oxidation sites excluding steroid dienone is 2. The van der Waals surface area contributed by atoms with Crippen molar-refractivity contribution >= 4 is 29.1 Å². The third-order valence-electron chi connectivity index (χ3n) is 7.51. The summed E-state index contributed by atoms with van der Waals surface area (Å²) < 4.78 is 0. The molecule has 0 spiro atoms. The molecule has 32 heavy (non-hydrogen) atoms. The Morgan fingerprint density at radius 2 is 1.59 bits per heavy atom. The summed E-state index contributed by atoms with van der Waals surface area (Å²) >= 11 is 0. The minimum atomic E-state index is -0.225. The number of nitrogens with zero attached hydrogens (tertiary/aromatic N) is 1. The van der Waals surface area contributed by atoms with Crippen LogP contribution in [0.5, 0.6) is 0 Å². The maximum Gasteiger partial charge on any atom is 0.255 e. The van der Waals surface area contributed by atoms with Gasteiger partial charge in [0.05, 0.1) is 17.5 Å². The van der Waals surface area contributed by atoms with Gasteiger partial charge in [-0.05, 0) is 73.4 Å². The van der Waals surface area contributed by atoms with Crippen molar-refractivity contribution < 1.29 is 14.4 Å². The van der Waals surface area contributed by atoms with E-state index in [0.29, 0.717) is 11.3 Å². The minimum absolute atomic E-state index is 0.0957. The second-order valence-electron chi connectivity index (χ2n) is 9.14. The van der Waals surface area contributed by atoms with Crippen molar-refractivity contribution in [2.75, 3.05) is 10.2 Å². The quantitative estimate of drug-likeness (QED) is 0.551. The van der Waals surface area contributed by atoms with E-state index < -0.39 is 0 Å². The molecule has 2 bridgehead atoms. The second-order valence-corrected chi connectivity index (χ2v) is 9.14. The third-order valence-corrected chi connectivity index (χ3v) is 7.51. The minimum Gasteiger partial charge on any atom is -0.321 e. The van der Waals surface area contributed by atoms with E-state index in [4.69, 9.17) is 0 Å². The predicted octanol–water partition coefficient (Wildman–Crippen LogP) is 4.77. The fraction of sp³-hybridized carbons (Fsp3) is 0.370. The van der Waals surface area contributed by atoms with E-state index in [2.05, 4.69) is 32.2 Å². The maximum absolute atomic E-state index is 13.1. The van der Waals surface area contributed by atoms with Gasteiger partial charge in [0.2, 0.25) is 11.8 Å². The number of amides is 3. The first-order valence-corrected chi connectivity index (χ1v) is 11.5. The molecular weight excluding hydrogens is 400 g/mol. The summed E-state index contributed by atoms with van der Waals surface area (Å²) in [7, 11) is 0. The van der Waals surface area contributed by atoms with E-state index in [1.165, 1.54) is 10.5 Å². The topological polar surface area (TPSA) is 66.5 Å². The van der Waals surface area contributed by atoms with Crippen LogP contribution in [0.1, 0.15) is 48.7 Å². The Bertz CT molecular complexity index is 1130. The molecule has 5 heteroatoms. The number of carbonyl (C=O) groups is 3. The lowest BCUT2D eigenvalue weighted by Crippen LogP contribution is -2.33. The summed E-state index contributed by atoms with van der Waals surface area (Å²) in [5.74, 6) is -0.457. The van der Waals surface area contributed by atoms with E-state index in [1.807, 2.05) is 18.2 Å². The van der Waals surface area contributed by atoms with Crippen LogP contribution in [-0.2, 0) is 22.4 Å². The van der Waals surface area contributed by atoms with Gasteiger partial charge in [0.1, 0.15) is 0 Å². The van der Waals surface area contributed by atoms with Crippen LogP contribution in [0.25, 0.3) is 0 Å². The summed E-state index contributed by atoms with van der Waals surface area (Å²) in [5.41, 5.74) is 5.37. The first-order chi connectivity index (χ1) is 15.4. The summed E-state index contributed by atoms with van der Waals surface area (Å²) in [6.45, 7) is 6.21. The Kier molecular flexibility index (Phi) is 5.00. The van der Waals surface area contributed by atoms with Crippen molar-refractivity contribution in [3.63, 3.8) is 0 Å². The molecule has 4 atom stereocenters. The van der Waals surface area contributed by atoms with Gasteiger partial charge in [-0.3, -0.25) is 19.3 Å². The average Bonchev–Trinajstić information content (AvgIpc) is 3.44. The zero-order chi connectivity index (χ0) is 22.6. The van der Waals surface area contributed by atoms with E-state index in [9.17, 15) is 14.4 Å². The monoisotopic (exact) mass is 428 g/mol. The SMILES string of the molecule is CCc1cccc(CC)c1NC(=O)c1ccc(N2C(=O)[C@@H]3[C@H](C2=O)[C@H]2C=C(C)[C@H]3C2)cc1. The number of nitrogens with one attached hydrogen (secondary N) is 1. The third kappa shape index (κ3) is 3.02. The molecule has 164 valence electrons. The van der Waals surface area contributed by atoms with Crippen LogP contribution in [0.4, 0.5) is 11.4 Å². The first-order valence-electron chi connectivity index (χ1n) is 11.5. The summed E-state index contributed by atoms with van der Waals surface area (Å²) in [6.07, 6.45) is 4.76. The van der Waals surface area contributed by atoms with Gasteiger partial charge < -0.3 is 5.32 Å². The predicted molar refractivity (Wildman–Crippen MR) is 124 cm³/mol. The number of rotatable bonds is 5. The lowest BCUT2D eigenvalue weighted by atomic mass is 9.82. The van der Waals surface area contributed by atoms with E-state index >= 15 is 0 Å². The van der Waals surface area contributed by atoms with Crippen LogP contribution in [0.15, 0.2) is 54.1 Å². The fourth-order valence-corrected chi connectivity index (χ4v) is 5.88. The maximum atomic E-state index is 13.1. The van der Waals surface area contributed by atoms with Gasteiger partial charge in [0.15, 0.2) is 0 Å². The van der Waals surface area contributed by atoms with Gasteiger partial charge in [-0.1, -0.05) is 43.7 Å². The Labute approximate surface area is 188 Å². The van der Waals surface area contributed by atoms with E-state index in [-0.39, 0.29) is 41.4 Å². The Hall–Kier alpha value is -3.21. The zero-order valence-corrected chi connectivity index (χ0v) is 18.7. The highest BCUT2D eigenvalue weighted by atomic mass is 16.2. The van der Waals surface area contributed by atoms with Crippen molar-refractivity contribution in [1.29, 1.82) is 0 Å². The smallest absolute Gasteiger partial charge is 0.255 e. The summed E-state index contributed by atoms with van der Waals surface area (Å²) in [4.78, 5) is 40.5. The molecule has 5 nitrogen and oxygen atoms in total. The standard InChI is InChI=1S/C27H28N2O3/c1-4-16-7-6-8-17(5-2)24(16)28-25(30)18-9-11-20(12-10-18)29-26(31)22-19-13-15(3)21(14-19)23(22)27(29)32/h6-13,19,21-23H,4-5,14H2,1-3H3,(H,28,30)/t19-,21+,22+,23-/m0/s1. The number of benzene rings is 2. The van der Waals surface area contributed by atoms with Gasteiger partial charge in [0, 0.05) is 11.3 Å². The van der Waals surface area contributed by atoms with Crippen molar-refractivity contribution in [3.8, 4) is 0 Å². The Balaban J connectivity index is 1.36. The average molecular weight is 429 g/mol. The summed E-state index contributed by atoms with van der Waals surface area (Å²) in [6, 6.07) is 12.9. The molecule has 0 aromatic heterocycles. The zero-order valence-electron chi connectivity index (χ0n) is 18.7. The highest BCUT2D eigenvalue weighted by molar-refractivity contribution is 6.23. The van der Waals surface area contributed by atoms with Crippen molar-refractivity contribution in [2.45, 2.75) is 40.0 Å². The summed E-state index contributed by atoms with van der Waals surface area (Å²) in [5, 5.41) is 3.07.